The Morgan fingerprint density at radius 3 is 1.73 bits per heavy atom. The van der Waals surface area contributed by atoms with Crippen LogP contribution in [0.1, 0.15) is 0 Å². The summed E-state index contributed by atoms with van der Waals surface area (Å²) in [6.45, 7) is 0. The van der Waals surface area contributed by atoms with Crippen LogP contribution in [-0.4, -0.2) is 37.3 Å². The van der Waals surface area contributed by atoms with Crippen molar-refractivity contribution in [2.75, 3.05) is 0 Å². The zero-order valence-electron chi connectivity index (χ0n) is 5.04. The summed E-state index contributed by atoms with van der Waals surface area (Å²) in [7, 11) is 0. The van der Waals surface area contributed by atoms with E-state index in [9.17, 15) is 4.79 Å². The molecule has 0 aromatic rings. The third-order valence-corrected chi connectivity index (χ3v) is 1.56. The number of carboxylic acids is 1. The summed E-state index contributed by atoms with van der Waals surface area (Å²) in [5.74, 6) is -1.65. The highest BCUT2D eigenvalue weighted by Crippen LogP contribution is 2.31. The molecule has 0 aromatic heterocycles. The molecule has 0 aliphatic carbocycles. The molecule has 0 bridgehead atoms. The first-order chi connectivity index (χ1) is 4.76. The van der Waals surface area contributed by atoms with Crippen LogP contribution < -0.4 is 0 Å². The zero-order chi connectivity index (χ0) is 9.23. The lowest BCUT2D eigenvalue weighted by atomic mass is 10.2. The second-order valence-electron chi connectivity index (χ2n) is 1.77. The first-order valence-corrected chi connectivity index (χ1v) is 3.56. The molecule has 7 heteroatoms. The molecular weight excluding hydrogens is 218 g/mol. The van der Waals surface area contributed by atoms with Crippen LogP contribution in [0.2, 0.25) is 0 Å². The molecule has 0 radical (unpaired) electrons. The molecule has 2 unspecified atom stereocenters. The minimum atomic E-state index is -2.20. The van der Waals surface area contributed by atoms with Gasteiger partial charge in [0.25, 0.3) is 0 Å². The molecule has 4 nitrogen and oxygen atoms in total. The maximum absolute atomic E-state index is 10.0. The molecule has 0 aromatic carbocycles. The normalized spacial score (nSPS) is 17.5. The van der Waals surface area contributed by atoms with Crippen LogP contribution in [0.15, 0.2) is 0 Å². The smallest absolute Gasteiger partial charge is 0.335 e. The number of aliphatic carboxylic acids is 1. The van der Waals surface area contributed by atoms with Crippen molar-refractivity contribution in [3.05, 3.63) is 0 Å². The minimum Gasteiger partial charge on any atom is -0.479 e. The molecule has 0 rings (SSSR count). The van der Waals surface area contributed by atoms with Crippen molar-refractivity contribution in [2.24, 2.45) is 0 Å². The van der Waals surface area contributed by atoms with Crippen LogP contribution in [0.5, 0.6) is 0 Å². The average Bonchev–Trinajstić information content (AvgIpc) is 1.82. The van der Waals surface area contributed by atoms with E-state index in [-0.39, 0.29) is 0 Å². The van der Waals surface area contributed by atoms with Crippen LogP contribution in [-0.2, 0) is 4.79 Å². The molecule has 0 aliphatic heterocycles. The standard InChI is InChI=1S/C4H5Cl3O4/c5-4(6,7)2(9)1(8)3(10)11/h1-2,8-9H,(H,10,11). The molecule has 11 heavy (non-hydrogen) atoms. The monoisotopic (exact) mass is 222 g/mol. The van der Waals surface area contributed by atoms with Crippen molar-refractivity contribution in [3.8, 4) is 0 Å². The van der Waals surface area contributed by atoms with Crippen molar-refractivity contribution < 1.29 is 20.1 Å². The van der Waals surface area contributed by atoms with E-state index >= 15 is 0 Å². The van der Waals surface area contributed by atoms with Gasteiger partial charge >= 0.3 is 5.97 Å². The fraction of sp³-hybridized carbons (Fsp3) is 0.750. The number of hydrogen-bond donors (Lipinski definition) is 3. The Bertz CT molecular complexity index is 154. The fourth-order valence-corrected chi connectivity index (χ4v) is 0.672. The largest absolute Gasteiger partial charge is 0.479 e. The quantitative estimate of drug-likeness (QED) is 0.583. The van der Waals surface area contributed by atoms with Gasteiger partial charge in [0.2, 0.25) is 3.79 Å². The van der Waals surface area contributed by atoms with Crippen LogP contribution in [0, 0.1) is 0 Å². The third-order valence-electron chi connectivity index (χ3n) is 0.887. The van der Waals surface area contributed by atoms with Gasteiger partial charge in [-0.2, -0.15) is 0 Å². The highest BCUT2D eigenvalue weighted by molar-refractivity contribution is 6.68. The second kappa shape index (κ2) is 3.78. The number of rotatable bonds is 2. The Morgan fingerprint density at radius 2 is 1.64 bits per heavy atom. The molecule has 0 fully saturated rings. The van der Waals surface area contributed by atoms with Gasteiger partial charge in [0, 0.05) is 0 Å². The Morgan fingerprint density at radius 1 is 1.27 bits per heavy atom. The molecule has 2 atom stereocenters. The average molecular weight is 223 g/mol. The first-order valence-electron chi connectivity index (χ1n) is 2.42. The van der Waals surface area contributed by atoms with Gasteiger partial charge in [-0.1, -0.05) is 34.8 Å². The number of carbonyl (C=O) groups is 1. The molecule has 3 N–H and O–H groups in total. The van der Waals surface area contributed by atoms with Gasteiger partial charge in [0.1, 0.15) is 6.10 Å². The fourth-order valence-electron chi connectivity index (χ4n) is 0.314. The predicted octanol–water partition coefficient (Wildman–Crippen LogP) is 0.163. The molecule has 0 heterocycles. The summed E-state index contributed by atoms with van der Waals surface area (Å²) in [5.41, 5.74) is 0. The van der Waals surface area contributed by atoms with E-state index in [1.54, 1.807) is 0 Å². The van der Waals surface area contributed by atoms with Crippen LogP contribution in [0.3, 0.4) is 0 Å². The lowest BCUT2D eigenvalue weighted by Crippen LogP contribution is -2.42. The number of halogens is 3. The summed E-state index contributed by atoms with van der Waals surface area (Å²) in [4.78, 5) is 10.0. The SMILES string of the molecule is O=C(O)C(O)C(O)C(Cl)(Cl)Cl. The Kier molecular flexibility index (Phi) is 3.87. The Hall–Kier alpha value is 0.260. The topological polar surface area (TPSA) is 77.8 Å². The zero-order valence-corrected chi connectivity index (χ0v) is 7.31. The van der Waals surface area contributed by atoms with Crippen molar-refractivity contribution in [2.45, 2.75) is 16.0 Å². The van der Waals surface area contributed by atoms with E-state index in [0.29, 0.717) is 0 Å². The lowest BCUT2D eigenvalue weighted by Gasteiger charge is -2.20. The van der Waals surface area contributed by atoms with E-state index in [2.05, 4.69) is 0 Å². The third kappa shape index (κ3) is 3.44. The van der Waals surface area contributed by atoms with Gasteiger partial charge in [-0.25, -0.2) is 4.79 Å². The number of aliphatic hydroxyl groups is 2. The van der Waals surface area contributed by atoms with Gasteiger partial charge < -0.3 is 15.3 Å². The van der Waals surface area contributed by atoms with E-state index in [4.69, 9.17) is 50.1 Å². The number of alkyl halides is 3. The van der Waals surface area contributed by atoms with Gasteiger partial charge in [-0.3, -0.25) is 0 Å². The first kappa shape index (κ1) is 11.3. The van der Waals surface area contributed by atoms with Crippen LogP contribution in [0.25, 0.3) is 0 Å². The van der Waals surface area contributed by atoms with Gasteiger partial charge in [-0.15, -0.1) is 0 Å². The lowest BCUT2D eigenvalue weighted by molar-refractivity contribution is -0.152. The highest BCUT2D eigenvalue weighted by atomic mass is 35.6. The highest BCUT2D eigenvalue weighted by Gasteiger charge is 2.39. The predicted molar refractivity (Wildman–Crippen MR) is 39.9 cm³/mol. The maximum atomic E-state index is 10.0. The van der Waals surface area contributed by atoms with E-state index < -0.39 is 22.0 Å². The van der Waals surface area contributed by atoms with Crippen molar-refractivity contribution in [1.82, 2.24) is 0 Å². The van der Waals surface area contributed by atoms with Crippen LogP contribution in [0.4, 0.5) is 0 Å². The van der Waals surface area contributed by atoms with E-state index in [0.717, 1.165) is 0 Å². The van der Waals surface area contributed by atoms with Crippen LogP contribution >= 0.6 is 34.8 Å². The van der Waals surface area contributed by atoms with Gasteiger partial charge in [0.05, 0.1) is 0 Å². The second-order valence-corrected chi connectivity index (χ2v) is 4.14. The molecule has 0 aliphatic rings. The van der Waals surface area contributed by atoms with Crippen molar-refractivity contribution >= 4 is 40.8 Å². The van der Waals surface area contributed by atoms with Crippen molar-refractivity contribution in [1.29, 1.82) is 0 Å². The summed E-state index contributed by atoms with van der Waals surface area (Å²) < 4.78 is -2.20. The molecule has 66 valence electrons. The summed E-state index contributed by atoms with van der Waals surface area (Å²) in [6, 6.07) is 0. The number of carboxylic acid groups (broad SMARTS) is 1. The van der Waals surface area contributed by atoms with E-state index in [1.165, 1.54) is 0 Å². The summed E-state index contributed by atoms with van der Waals surface area (Å²) in [6.07, 6.45) is -4.03. The number of aliphatic hydroxyl groups excluding tert-OH is 2. The molecular formula is C4H5Cl3O4. The van der Waals surface area contributed by atoms with Gasteiger partial charge in [-0.05, 0) is 0 Å². The maximum Gasteiger partial charge on any atom is 0.335 e. The number of hydrogen-bond acceptors (Lipinski definition) is 3. The Labute approximate surface area is 77.3 Å². The minimum absolute atomic E-state index is 1.65. The van der Waals surface area contributed by atoms with E-state index in [1.807, 2.05) is 0 Å². The molecule has 0 saturated heterocycles. The summed E-state index contributed by atoms with van der Waals surface area (Å²) in [5, 5.41) is 25.6. The molecule has 0 amide bonds. The summed E-state index contributed by atoms with van der Waals surface area (Å²) >= 11 is 15.2. The Balaban J connectivity index is 4.25. The molecule has 0 spiro atoms. The molecule has 0 saturated carbocycles. The van der Waals surface area contributed by atoms with Crippen molar-refractivity contribution in [3.63, 3.8) is 0 Å². The van der Waals surface area contributed by atoms with Gasteiger partial charge in [0.15, 0.2) is 6.10 Å².